The van der Waals surface area contributed by atoms with Crippen molar-refractivity contribution in [3.05, 3.63) is 59.9 Å². The van der Waals surface area contributed by atoms with Crippen molar-refractivity contribution >= 4 is 17.5 Å². The van der Waals surface area contributed by atoms with E-state index in [4.69, 9.17) is 4.74 Å². The Hall–Kier alpha value is -2.77. The van der Waals surface area contributed by atoms with Gasteiger partial charge in [0.2, 0.25) is 5.91 Å². The fourth-order valence-electron chi connectivity index (χ4n) is 4.45. The summed E-state index contributed by atoms with van der Waals surface area (Å²) in [7, 11) is 1.67. The highest BCUT2D eigenvalue weighted by atomic mass is 19.1. The number of halogens is 1. The van der Waals surface area contributed by atoms with Crippen LogP contribution >= 0.6 is 0 Å². The van der Waals surface area contributed by atoms with E-state index in [0.29, 0.717) is 5.69 Å². The molecule has 0 aromatic heterocycles. The molecular formula is C23H28FN3O3+2. The minimum Gasteiger partial charge on any atom is -0.497 e. The lowest BCUT2D eigenvalue weighted by Crippen LogP contribution is -3.30. The zero-order valence-electron chi connectivity index (χ0n) is 17.2. The van der Waals surface area contributed by atoms with Gasteiger partial charge in [-0.2, -0.15) is 0 Å². The standard InChI is InChI=1S/C23H26FN3O3/c1-30-20-8-2-17(3-9-20)10-11-25-12-14-26(15-13-25)21-16-22(28)27(23(21)29)19-6-4-18(24)5-7-19/h2-9,21H,10-16H2,1H3/p+2/t21-/m1/s1. The van der Waals surface area contributed by atoms with Crippen LogP contribution < -0.4 is 19.4 Å². The molecule has 4 rings (SSSR count). The van der Waals surface area contributed by atoms with Gasteiger partial charge in [-0.05, 0) is 42.0 Å². The number of ether oxygens (including phenoxy) is 1. The molecular weight excluding hydrogens is 385 g/mol. The SMILES string of the molecule is COc1ccc(CC[NH+]2CC[NH+]([C@@H]3CC(=O)N(c4ccc(F)cc4)C3=O)CC2)cc1. The molecule has 0 bridgehead atoms. The van der Waals surface area contributed by atoms with Gasteiger partial charge in [0, 0.05) is 6.42 Å². The van der Waals surface area contributed by atoms with Gasteiger partial charge in [0.1, 0.15) is 37.7 Å². The van der Waals surface area contributed by atoms with E-state index in [0.717, 1.165) is 44.9 Å². The number of piperazine rings is 1. The lowest BCUT2D eigenvalue weighted by Gasteiger charge is -2.32. The number of anilines is 1. The van der Waals surface area contributed by atoms with Crippen LogP contribution in [0, 0.1) is 5.82 Å². The number of methoxy groups -OCH3 is 1. The number of nitrogens with one attached hydrogen (secondary N) is 2. The molecule has 2 fully saturated rings. The first-order chi connectivity index (χ1) is 14.5. The van der Waals surface area contributed by atoms with Gasteiger partial charge in [0.05, 0.1) is 25.8 Å². The first-order valence-corrected chi connectivity index (χ1v) is 10.5. The van der Waals surface area contributed by atoms with Crippen LogP contribution in [-0.4, -0.2) is 57.7 Å². The molecule has 7 heteroatoms. The molecule has 158 valence electrons. The molecule has 2 aromatic carbocycles. The molecule has 0 radical (unpaired) electrons. The van der Waals surface area contributed by atoms with E-state index in [1.807, 2.05) is 12.1 Å². The lowest BCUT2D eigenvalue weighted by molar-refractivity contribution is -1.02. The summed E-state index contributed by atoms with van der Waals surface area (Å²) in [5.74, 6) is 0.129. The van der Waals surface area contributed by atoms with Crippen LogP contribution in [0.1, 0.15) is 12.0 Å². The summed E-state index contributed by atoms with van der Waals surface area (Å²) >= 11 is 0. The topological polar surface area (TPSA) is 55.5 Å². The number of nitrogens with zero attached hydrogens (tertiary/aromatic N) is 1. The molecule has 2 N–H and O–H groups in total. The molecule has 6 nitrogen and oxygen atoms in total. The van der Waals surface area contributed by atoms with Crippen LogP contribution in [0.3, 0.4) is 0 Å². The Balaban J connectivity index is 1.30. The van der Waals surface area contributed by atoms with Crippen molar-refractivity contribution < 1.29 is 28.5 Å². The Labute approximate surface area is 175 Å². The summed E-state index contributed by atoms with van der Waals surface area (Å²) < 4.78 is 18.4. The number of carbonyl (C=O) groups is 2. The summed E-state index contributed by atoms with van der Waals surface area (Å²) in [5, 5.41) is 0. The van der Waals surface area contributed by atoms with Crippen LogP contribution in [0.25, 0.3) is 0 Å². The van der Waals surface area contributed by atoms with E-state index in [9.17, 15) is 14.0 Å². The largest absolute Gasteiger partial charge is 0.497 e. The molecule has 0 saturated carbocycles. The smallest absolute Gasteiger partial charge is 0.292 e. The number of quaternary nitrogens is 2. The maximum atomic E-state index is 13.2. The number of hydrogen-bond donors (Lipinski definition) is 2. The second kappa shape index (κ2) is 8.93. The van der Waals surface area contributed by atoms with Gasteiger partial charge in [-0.15, -0.1) is 0 Å². The Bertz CT molecular complexity index is 893. The van der Waals surface area contributed by atoms with Crippen molar-refractivity contribution in [1.29, 1.82) is 0 Å². The summed E-state index contributed by atoms with van der Waals surface area (Å²) in [6.07, 6.45) is 1.24. The quantitative estimate of drug-likeness (QED) is 0.628. The van der Waals surface area contributed by atoms with E-state index in [2.05, 4.69) is 12.1 Å². The van der Waals surface area contributed by atoms with Crippen LogP contribution in [0.15, 0.2) is 48.5 Å². The molecule has 2 amide bonds. The maximum Gasteiger partial charge on any atom is 0.292 e. The Morgan fingerprint density at radius 1 is 1.00 bits per heavy atom. The number of amides is 2. The van der Waals surface area contributed by atoms with Gasteiger partial charge in [0.25, 0.3) is 5.91 Å². The highest BCUT2D eigenvalue weighted by molar-refractivity contribution is 6.21. The molecule has 0 aliphatic carbocycles. The second-order valence-electron chi connectivity index (χ2n) is 8.06. The number of imide groups is 1. The average Bonchev–Trinajstić information content (AvgIpc) is 3.07. The molecule has 0 unspecified atom stereocenters. The number of hydrogen-bond acceptors (Lipinski definition) is 3. The van der Waals surface area contributed by atoms with Crippen LogP contribution in [0.2, 0.25) is 0 Å². The molecule has 2 heterocycles. The van der Waals surface area contributed by atoms with Gasteiger partial charge in [-0.25, -0.2) is 9.29 Å². The van der Waals surface area contributed by atoms with Crippen molar-refractivity contribution in [2.75, 3.05) is 44.7 Å². The summed E-state index contributed by atoms with van der Waals surface area (Å²) in [6, 6.07) is 13.4. The van der Waals surface area contributed by atoms with Crippen molar-refractivity contribution in [3.8, 4) is 5.75 Å². The number of carbonyl (C=O) groups excluding carboxylic acids is 2. The Morgan fingerprint density at radius 3 is 2.30 bits per heavy atom. The summed E-state index contributed by atoms with van der Waals surface area (Å²) in [6.45, 7) is 4.77. The predicted molar refractivity (Wildman–Crippen MR) is 110 cm³/mol. The Morgan fingerprint density at radius 2 is 1.67 bits per heavy atom. The van der Waals surface area contributed by atoms with Gasteiger partial charge >= 0.3 is 0 Å². The fraction of sp³-hybridized carbons (Fsp3) is 0.391. The van der Waals surface area contributed by atoms with Gasteiger partial charge in [-0.1, -0.05) is 12.1 Å². The fourth-order valence-corrected chi connectivity index (χ4v) is 4.45. The molecule has 0 spiro atoms. The molecule has 2 saturated heterocycles. The molecule has 1 atom stereocenters. The van der Waals surface area contributed by atoms with Crippen molar-refractivity contribution in [2.45, 2.75) is 18.9 Å². The Kier molecular flexibility index (Phi) is 6.11. The van der Waals surface area contributed by atoms with E-state index < -0.39 is 0 Å². The molecule has 30 heavy (non-hydrogen) atoms. The average molecular weight is 413 g/mol. The van der Waals surface area contributed by atoms with E-state index >= 15 is 0 Å². The maximum absolute atomic E-state index is 13.2. The molecule has 2 aliphatic heterocycles. The third-order valence-electron chi connectivity index (χ3n) is 6.25. The van der Waals surface area contributed by atoms with E-state index in [1.165, 1.54) is 44.5 Å². The number of benzene rings is 2. The van der Waals surface area contributed by atoms with Crippen molar-refractivity contribution in [3.63, 3.8) is 0 Å². The zero-order valence-corrected chi connectivity index (χ0v) is 17.2. The number of rotatable bonds is 6. The third-order valence-corrected chi connectivity index (χ3v) is 6.25. The van der Waals surface area contributed by atoms with Gasteiger partial charge < -0.3 is 14.5 Å². The van der Waals surface area contributed by atoms with Crippen LogP contribution in [-0.2, 0) is 16.0 Å². The van der Waals surface area contributed by atoms with Crippen molar-refractivity contribution in [1.82, 2.24) is 0 Å². The molecule has 2 aromatic rings. The summed E-state index contributed by atoms with van der Waals surface area (Å²) in [4.78, 5) is 29.3. The summed E-state index contributed by atoms with van der Waals surface area (Å²) in [5.41, 5.74) is 1.75. The monoisotopic (exact) mass is 413 g/mol. The van der Waals surface area contributed by atoms with E-state index in [1.54, 1.807) is 7.11 Å². The normalized spacial score (nSPS) is 24.3. The van der Waals surface area contributed by atoms with Gasteiger partial charge in [0.15, 0.2) is 6.04 Å². The van der Waals surface area contributed by atoms with Crippen molar-refractivity contribution in [2.24, 2.45) is 0 Å². The first kappa shape index (κ1) is 20.5. The van der Waals surface area contributed by atoms with Crippen LogP contribution in [0.4, 0.5) is 10.1 Å². The van der Waals surface area contributed by atoms with Gasteiger partial charge in [-0.3, -0.25) is 9.59 Å². The lowest BCUT2D eigenvalue weighted by atomic mass is 10.1. The molecule has 2 aliphatic rings. The van der Waals surface area contributed by atoms with E-state index in [-0.39, 0.29) is 30.1 Å². The minimum absolute atomic E-state index is 0.164. The van der Waals surface area contributed by atoms with Crippen LogP contribution in [0.5, 0.6) is 5.75 Å². The predicted octanol–water partition coefficient (Wildman–Crippen LogP) is -0.508. The minimum atomic E-state index is -0.381. The zero-order chi connectivity index (χ0) is 21.1. The highest BCUT2D eigenvalue weighted by Crippen LogP contribution is 2.22. The third kappa shape index (κ3) is 4.37. The first-order valence-electron chi connectivity index (χ1n) is 10.5. The highest BCUT2D eigenvalue weighted by Gasteiger charge is 2.46. The second-order valence-corrected chi connectivity index (χ2v) is 8.06.